The summed E-state index contributed by atoms with van der Waals surface area (Å²) >= 11 is 0. The van der Waals surface area contributed by atoms with E-state index in [0.717, 1.165) is 17.8 Å². The fraction of sp³-hybridized carbons (Fsp3) is 0.467. The number of benzene rings is 1. The predicted molar refractivity (Wildman–Crippen MR) is 79.8 cm³/mol. The first-order valence-corrected chi connectivity index (χ1v) is 7.29. The number of rotatable bonds is 5. The molecule has 106 valence electrons. The maximum Gasteiger partial charge on any atom is 0.123 e. The van der Waals surface area contributed by atoms with Crippen molar-refractivity contribution in [2.24, 2.45) is 0 Å². The zero-order chi connectivity index (χ0) is 13.8. The molecule has 1 aliphatic rings. The molecule has 20 heavy (non-hydrogen) atoms. The van der Waals surface area contributed by atoms with Gasteiger partial charge >= 0.3 is 0 Å². The molecule has 3 rings (SSSR count). The van der Waals surface area contributed by atoms with Gasteiger partial charge in [-0.1, -0.05) is 6.07 Å². The molecule has 0 radical (unpaired) electrons. The van der Waals surface area contributed by atoms with E-state index < -0.39 is 0 Å². The third-order valence-corrected chi connectivity index (χ3v) is 3.93. The zero-order valence-electron chi connectivity index (χ0n) is 11.7. The van der Waals surface area contributed by atoms with Crippen molar-refractivity contribution in [3.63, 3.8) is 0 Å². The second-order valence-electron chi connectivity index (χ2n) is 5.41. The second kappa shape index (κ2) is 6.05. The van der Waals surface area contributed by atoms with Crippen molar-refractivity contribution in [1.29, 1.82) is 0 Å². The van der Waals surface area contributed by atoms with E-state index in [4.69, 9.17) is 5.73 Å². The summed E-state index contributed by atoms with van der Waals surface area (Å²) in [6.07, 6.45) is 8.39. The Balaban J connectivity index is 1.69. The Labute approximate surface area is 119 Å². The van der Waals surface area contributed by atoms with Gasteiger partial charge < -0.3 is 10.6 Å². The highest BCUT2D eigenvalue weighted by Crippen LogP contribution is 2.20. The zero-order valence-corrected chi connectivity index (χ0v) is 11.7. The third kappa shape index (κ3) is 2.99. The van der Waals surface area contributed by atoms with Gasteiger partial charge in [-0.3, -0.25) is 4.57 Å². The molecule has 0 atom stereocenters. The Morgan fingerprint density at radius 3 is 2.60 bits per heavy atom. The van der Waals surface area contributed by atoms with Crippen LogP contribution in [0.15, 0.2) is 30.9 Å². The van der Waals surface area contributed by atoms with E-state index in [9.17, 15) is 0 Å². The van der Waals surface area contributed by atoms with Gasteiger partial charge in [0.2, 0.25) is 0 Å². The number of aryl methyl sites for hydroxylation is 1. The fourth-order valence-corrected chi connectivity index (χ4v) is 2.86. The Hall–Kier alpha value is -1.88. The average Bonchev–Trinajstić information content (AvgIpc) is 3.12. The van der Waals surface area contributed by atoms with Crippen LogP contribution in [0, 0.1) is 0 Å². The quantitative estimate of drug-likeness (QED) is 0.844. The Morgan fingerprint density at radius 1 is 1.10 bits per heavy atom. The summed E-state index contributed by atoms with van der Waals surface area (Å²) in [4.78, 5) is 2.55. The number of aromatic nitrogens is 3. The van der Waals surface area contributed by atoms with Crippen molar-refractivity contribution >= 4 is 5.69 Å². The van der Waals surface area contributed by atoms with E-state index in [1.54, 1.807) is 12.7 Å². The molecule has 1 saturated heterocycles. The van der Waals surface area contributed by atoms with Crippen molar-refractivity contribution in [3.8, 4) is 5.69 Å². The Kier molecular flexibility index (Phi) is 3.97. The van der Waals surface area contributed by atoms with Gasteiger partial charge in [0.25, 0.3) is 0 Å². The molecular formula is C15H21N5. The first-order chi connectivity index (χ1) is 9.83. The van der Waals surface area contributed by atoms with E-state index in [0.29, 0.717) is 0 Å². The van der Waals surface area contributed by atoms with Crippen LogP contribution < -0.4 is 5.73 Å². The number of nitrogens with zero attached hydrogens (tertiary/aromatic N) is 4. The summed E-state index contributed by atoms with van der Waals surface area (Å²) in [5.74, 6) is 0. The highest BCUT2D eigenvalue weighted by molar-refractivity contribution is 5.52. The summed E-state index contributed by atoms with van der Waals surface area (Å²) in [5, 5.41) is 7.75. The number of anilines is 1. The number of nitrogen functional groups attached to an aromatic ring is 1. The SMILES string of the molecule is Nc1ccc(CCCN2CCCC2)c(-n2cnnc2)c1. The lowest BCUT2D eigenvalue weighted by Gasteiger charge is -2.15. The summed E-state index contributed by atoms with van der Waals surface area (Å²) < 4.78 is 1.93. The lowest BCUT2D eigenvalue weighted by atomic mass is 10.1. The number of hydrogen-bond donors (Lipinski definition) is 1. The number of likely N-dealkylation sites (tertiary alicyclic amines) is 1. The molecule has 0 amide bonds. The highest BCUT2D eigenvalue weighted by Gasteiger charge is 2.11. The molecule has 1 aliphatic heterocycles. The summed E-state index contributed by atoms with van der Waals surface area (Å²) in [6.45, 7) is 3.71. The molecule has 5 heteroatoms. The van der Waals surface area contributed by atoms with Gasteiger partial charge in [0.1, 0.15) is 12.7 Å². The molecule has 0 aliphatic carbocycles. The van der Waals surface area contributed by atoms with Crippen LogP contribution in [0.5, 0.6) is 0 Å². The first kappa shape index (κ1) is 13.1. The van der Waals surface area contributed by atoms with E-state index in [-0.39, 0.29) is 0 Å². The van der Waals surface area contributed by atoms with Gasteiger partial charge in [-0.05, 0) is 63.0 Å². The standard InChI is InChI=1S/C15H21N5/c16-14-6-5-13(4-3-9-19-7-1-2-8-19)15(10-14)20-11-17-18-12-20/h5-6,10-12H,1-4,7-9,16H2. The molecule has 1 aromatic heterocycles. The van der Waals surface area contributed by atoms with Gasteiger partial charge in [0, 0.05) is 5.69 Å². The topological polar surface area (TPSA) is 60.0 Å². The monoisotopic (exact) mass is 271 g/mol. The van der Waals surface area contributed by atoms with Crippen molar-refractivity contribution in [2.45, 2.75) is 25.7 Å². The predicted octanol–water partition coefficient (Wildman–Crippen LogP) is 1.88. The molecule has 1 aromatic carbocycles. The first-order valence-electron chi connectivity index (χ1n) is 7.29. The minimum Gasteiger partial charge on any atom is -0.399 e. The minimum absolute atomic E-state index is 0.775. The van der Waals surface area contributed by atoms with Crippen LogP contribution in [0.1, 0.15) is 24.8 Å². The smallest absolute Gasteiger partial charge is 0.123 e. The van der Waals surface area contributed by atoms with Gasteiger partial charge in [-0.25, -0.2) is 0 Å². The molecule has 0 saturated carbocycles. The molecular weight excluding hydrogens is 250 g/mol. The van der Waals surface area contributed by atoms with Crippen LogP contribution in [-0.2, 0) is 6.42 Å². The number of hydrogen-bond acceptors (Lipinski definition) is 4. The van der Waals surface area contributed by atoms with Crippen LogP contribution in [-0.4, -0.2) is 39.3 Å². The van der Waals surface area contributed by atoms with Gasteiger partial charge in [0.05, 0.1) is 5.69 Å². The normalized spacial score (nSPS) is 15.8. The van der Waals surface area contributed by atoms with Crippen LogP contribution >= 0.6 is 0 Å². The molecule has 2 heterocycles. The van der Waals surface area contributed by atoms with Crippen molar-refractivity contribution in [2.75, 3.05) is 25.4 Å². The van der Waals surface area contributed by atoms with E-state index in [1.807, 2.05) is 16.7 Å². The number of nitrogens with two attached hydrogens (primary N) is 1. The van der Waals surface area contributed by atoms with Crippen LogP contribution in [0.4, 0.5) is 5.69 Å². The lowest BCUT2D eigenvalue weighted by molar-refractivity contribution is 0.334. The molecule has 0 spiro atoms. The lowest BCUT2D eigenvalue weighted by Crippen LogP contribution is -2.20. The Morgan fingerprint density at radius 2 is 1.85 bits per heavy atom. The van der Waals surface area contributed by atoms with Crippen LogP contribution in [0.2, 0.25) is 0 Å². The molecule has 0 unspecified atom stereocenters. The van der Waals surface area contributed by atoms with E-state index >= 15 is 0 Å². The van der Waals surface area contributed by atoms with Crippen molar-refractivity contribution in [3.05, 3.63) is 36.4 Å². The third-order valence-electron chi connectivity index (χ3n) is 3.93. The average molecular weight is 271 g/mol. The maximum absolute atomic E-state index is 5.90. The Bertz CT molecular complexity index is 543. The molecule has 5 nitrogen and oxygen atoms in total. The highest BCUT2D eigenvalue weighted by atomic mass is 15.2. The molecule has 2 N–H and O–H groups in total. The second-order valence-corrected chi connectivity index (χ2v) is 5.41. The van der Waals surface area contributed by atoms with Crippen molar-refractivity contribution < 1.29 is 0 Å². The van der Waals surface area contributed by atoms with Gasteiger partial charge in [0.15, 0.2) is 0 Å². The van der Waals surface area contributed by atoms with E-state index in [1.165, 1.54) is 44.5 Å². The molecule has 2 aromatic rings. The van der Waals surface area contributed by atoms with Gasteiger partial charge in [-0.15, -0.1) is 10.2 Å². The molecule has 1 fully saturated rings. The fourth-order valence-electron chi connectivity index (χ4n) is 2.86. The van der Waals surface area contributed by atoms with Crippen molar-refractivity contribution in [1.82, 2.24) is 19.7 Å². The summed E-state index contributed by atoms with van der Waals surface area (Å²) in [6, 6.07) is 6.09. The van der Waals surface area contributed by atoms with E-state index in [2.05, 4.69) is 21.2 Å². The minimum atomic E-state index is 0.775. The summed E-state index contributed by atoms with van der Waals surface area (Å²) in [7, 11) is 0. The van der Waals surface area contributed by atoms with Crippen LogP contribution in [0.25, 0.3) is 5.69 Å². The maximum atomic E-state index is 5.90. The van der Waals surface area contributed by atoms with Gasteiger partial charge in [-0.2, -0.15) is 0 Å². The molecule has 0 bridgehead atoms. The largest absolute Gasteiger partial charge is 0.399 e. The summed E-state index contributed by atoms with van der Waals surface area (Å²) in [5.41, 5.74) is 9.07. The van der Waals surface area contributed by atoms with Crippen LogP contribution in [0.3, 0.4) is 0 Å².